The van der Waals surface area contributed by atoms with Crippen LogP contribution in [-0.2, 0) is 13.5 Å². The third-order valence-electron chi connectivity index (χ3n) is 2.90. The summed E-state index contributed by atoms with van der Waals surface area (Å²) in [7, 11) is 2.00. The number of aromatic nitrogens is 2. The van der Waals surface area contributed by atoms with Crippen molar-refractivity contribution in [2.45, 2.75) is 45.6 Å². The summed E-state index contributed by atoms with van der Waals surface area (Å²) in [6, 6.07) is 2.51. The van der Waals surface area contributed by atoms with E-state index in [1.165, 1.54) is 5.69 Å². The summed E-state index contributed by atoms with van der Waals surface area (Å²) < 4.78 is 1.97. The number of rotatable bonds is 7. The second-order valence-corrected chi connectivity index (χ2v) is 4.29. The molecular formula is C14H23N3. The summed E-state index contributed by atoms with van der Waals surface area (Å²) >= 11 is 0. The average molecular weight is 233 g/mol. The van der Waals surface area contributed by atoms with Gasteiger partial charge in [0.1, 0.15) is 0 Å². The Kier molecular flexibility index (Phi) is 5.79. The average Bonchev–Trinajstić information content (AvgIpc) is 2.71. The van der Waals surface area contributed by atoms with Crippen LogP contribution in [0.25, 0.3) is 0 Å². The minimum atomic E-state index is 0.323. The van der Waals surface area contributed by atoms with E-state index in [0.717, 1.165) is 37.9 Å². The van der Waals surface area contributed by atoms with Crippen molar-refractivity contribution in [1.82, 2.24) is 15.1 Å². The Balaban J connectivity index is 2.79. The maximum atomic E-state index is 5.35. The lowest BCUT2D eigenvalue weighted by atomic mass is 10.1. The molecular weight excluding hydrogens is 210 g/mol. The Hall–Kier alpha value is -1.27. The van der Waals surface area contributed by atoms with E-state index in [9.17, 15) is 0 Å². The van der Waals surface area contributed by atoms with Gasteiger partial charge in [-0.1, -0.05) is 13.8 Å². The van der Waals surface area contributed by atoms with E-state index in [-0.39, 0.29) is 0 Å². The van der Waals surface area contributed by atoms with Crippen LogP contribution in [-0.4, -0.2) is 16.3 Å². The van der Waals surface area contributed by atoms with E-state index in [2.05, 4.69) is 36.2 Å². The predicted octanol–water partition coefficient (Wildman–Crippen LogP) is 2.44. The second-order valence-electron chi connectivity index (χ2n) is 4.29. The summed E-state index contributed by atoms with van der Waals surface area (Å²) in [5.41, 5.74) is 2.39. The zero-order valence-corrected chi connectivity index (χ0v) is 11.2. The van der Waals surface area contributed by atoms with Crippen LogP contribution in [0.1, 0.15) is 50.5 Å². The highest BCUT2D eigenvalue weighted by molar-refractivity contribution is 5.14. The molecule has 0 aromatic carbocycles. The van der Waals surface area contributed by atoms with Crippen LogP contribution in [0.3, 0.4) is 0 Å². The van der Waals surface area contributed by atoms with Gasteiger partial charge in [-0.25, -0.2) is 0 Å². The zero-order valence-electron chi connectivity index (χ0n) is 11.2. The van der Waals surface area contributed by atoms with E-state index < -0.39 is 0 Å². The van der Waals surface area contributed by atoms with Gasteiger partial charge in [-0.15, -0.1) is 12.3 Å². The first kappa shape index (κ1) is 13.8. The SMILES string of the molecule is C#CCCC(NCCC)c1cc(CC)nn1C. The Bertz CT molecular complexity index is 373. The summed E-state index contributed by atoms with van der Waals surface area (Å²) in [6.45, 7) is 5.32. The Morgan fingerprint density at radius 3 is 2.82 bits per heavy atom. The normalized spacial score (nSPS) is 12.4. The smallest absolute Gasteiger partial charge is 0.0625 e. The number of hydrogen-bond acceptors (Lipinski definition) is 2. The Morgan fingerprint density at radius 2 is 2.29 bits per heavy atom. The van der Waals surface area contributed by atoms with Crippen LogP contribution in [0.5, 0.6) is 0 Å². The molecule has 1 atom stereocenters. The fraction of sp³-hybridized carbons (Fsp3) is 0.643. The number of terminal acetylenes is 1. The molecule has 0 bridgehead atoms. The number of hydrogen-bond donors (Lipinski definition) is 1. The molecule has 0 saturated carbocycles. The highest BCUT2D eigenvalue weighted by atomic mass is 15.3. The van der Waals surface area contributed by atoms with Crippen LogP contribution < -0.4 is 5.32 Å². The summed E-state index contributed by atoms with van der Waals surface area (Å²) in [5.74, 6) is 2.71. The molecule has 1 N–H and O–H groups in total. The van der Waals surface area contributed by atoms with Crippen LogP contribution in [0, 0.1) is 12.3 Å². The van der Waals surface area contributed by atoms with Gasteiger partial charge < -0.3 is 5.32 Å². The molecule has 0 aliphatic rings. The lowest BCUT2D eigenvalue weighted by molar-refractivity contribution is 0.473. The fourth-order valence-corrected chi connectivity index (χ4v) is 1.94. The van der Waals surface area contributed by atoms with Gasteiger partial charge in [0.05, 0.1) is 17.4 Å². The van der Waals surface area contributed by atoms with Gasteiger partial charge in [-0.2, -0.15) is 5.10 Å². The van der Waals surface area contributed by atoms with Gasteiger partial charge in [0.2, 0.25) is 0 Å². The lowest BCUT2D eigenvalue weighted by Gasteiger charge is -2.17. The molecule has 0 amide bonds. The fourth-order valence-electron chi connectivity index (χ4n) is 1.94. The molecule has 3 nitrogen and oxygen atoms in total. The molecule has 1 aromatic rings. The second kappa shape index (κ2) is 7.13. The quantitative estimate of drug-likeness (QED) is 0.733. The summed E-state index contributed by atoms with van der Waals surface area (Å²) in [6.07, 6.45) is 9.23. The van der Waals surface area contributed by atoms with Gasteiger partial charge in [0.15, 0.2) is 0 Å². The predicted molar refractivity (Wildman–Crippen MR) is 71.7 cm³/mol. The molecule has 1 unspecified atom stereocenters. The first-order valence-electron chi connectivity index (χ1n) is 6.42. The minimum absolute atomic E-state index is 0.323. The van der Waals surface area contributed by atoms with Gasteiger partial charge in [-0.3, -0.25) is 4.68 Å². The largest absolute Gasteiger partial charge is 0.309 e. The van der Waals surface area contributed by atoms with Crippen molar-refractivity contribution < 1.29 is 0 Å². The first-order chi connectivity index (χ1) is 8.22. The van der Waals surface area contributed by atoms with Crippen molar-refractivity contribution in [2.75, 3.05) is 6.54 Å². The van der Waals surface area contributed by atoms with Gasteiger partial charge in [0, 0.05) is 13.5 Å². The van der Waals surface area contributed by atoms with Crippen LogP contribution >= 0.6 is 0 Å². The number of aryl methyl sites for hydroxylation is 2. The van der Waals surface area contributed by atoms with E-state index in [1.807, 2.05) is 11.7 Å². The van der Waals surface area contributed by atoms with E-state index >= 15 is 0 Å². The third-order valence-corrected chi connectivity index (χ3v) is 2.90. The minimum Gasteiger partial charge on any atom is -0.309 e. The molecule has 1 aromatic heterocycles. The first-order valence-corrected chi connectivity index (χ1v) is 6.42. The van der Waals surface area contributed by atoms with Crippen molar-refractivity contribution in [3.8, 4) is 12.3 Å². The van der Waals surface area contributed by atoms with Crippen LogP contribution in [0.2, 0.25) is 0 Å². The van der Waals surface area contributed by atoms with E-state index in [1.54, 1.807) is 0 Å². The Labute approximate surface area is 105 Å². The Morgan fingerprint density at radius 1 is 1.53 bits per heavy atom. The number of nitrogens with zero attached hydrogens (tertiary/aromatic N) is 2. The maximum Gasteiger partial charge on any atom is 0.0625 e. The topological polar surface area (TPSA) is 29.9 Å². The molecule has 0 aliphatic heterocycles. The molecule has 0 spiro atoms. The van der Waals surface area contributed by atoms with Crippen LogP contribution in [0.4, 0.5) is 0 Å². The monoisotopic (exact) mass is 233 g/mol. The maximum absolute atomic E-state index is 5.35. The molecule has 17 heavy (non-hydrogen) atoms. The van der Waals surface area contributed by atoms with Gasteiger partial charge in [0.25, 0.3) is 0 Å². The molecule has 0 radical (unpaired) electrons. The highest BCUT2D eigenvalue weighted by Crippen LogP contribution is 2.19. The summed E-state index contributed by atoms with van der Waals surface area (Å²) in [4.78, 5) is 0. The molecule has 0 aliphatic carbocycles. The molecule has 94 valence electrons. The number of nitrogens with one attached hydrogen (secondary N) is 1. The highest BCUT2D eigenvalue weighted by Gasteiger charge is 2.15. The lowest BCUT2D eigenvalue weighted by Crippen LogP contribution is -2.24. The van der Waals surface area contributed by atoms with Crippen molar-refractivity contribution in [3.63, 3.8) is 0 Å². The zero-order chi connectivity index (χ0) is 12.7. The van der Waals surface area contributed by atoms with Gasteiger partial charge in [-0.05, 0) is 31.9 Å². The van der Waals surface area contributed by atoms with Crippen molar-refractivity contribution >= 4 is 0 Å². The van der Waals surface area contributed by atoms with Crippen molar-refractivity contribution in [2.24, 2.45) is 7.05 Å². The molecule has 1 heterocycles. The molecule has 0 saturated heterocycles. The van der Waals surface area contributed by atoms with E-state index in [4.69, 9.17) is 6.42 Å². The summed E-state index contributed by atoms with van der Waals surface area (Å²) in [5, 5.41) is 8.03. The van der Waals surface area contributed by atoms with E-state index in [0.29, 0.717) is 6.04 Å². The van der Waals surface area contributed by atoms with Gasteiger partial charge >= 0.3 is 0 Å². The van der Waals surface area contributed by atoms with Crippen molar-refractivity contribution in [3.05, 3.63) is 17.5 Å². The van der Waals surface area contributed by atoms with Crippen molar-refractivity contribution in [1.29, 1.82) is 0 Å². The standard InChI is InChI=1S/C14H23N3/c1-5-8-9-13(15-10-6-2)14-11-12(7-3)16-17(14)4/h1,11,13,15H,6-10H2,2-4H3. The molecule has 3 heteroatoms. The molecule has 1 rings (SSSR count). The molecule has 0 fully saturated rings. The third kappa shape index (κ3) is 3.90. The van der Waals surface area contributed by atoms with Crippen LogP contribution in [0.15, 0.2) is 6.07 Å².